The molecule has 0 saturated heterocycles. The van der Waals surface area contributed by atoms with Gasteiger partial charge in [0.25, 0.3) is 0 Å². The summed E-state index contributed by atoms with van der Waals surface area (Å²) in [6.45, 7) is 2.20. The van der Waals surface area contributed by atoms with Crippen molar-refractivity contribution in [2.24, 2.45) is 5.92 Å². The summed E-state index contributed by atoms with van der Waals surface area (Å²) in [4.78, 5) is 0. The lowest BCUT2D eigenvalue weighted by molar-refractivity contribution is 0.117. The molecule has 0 radical (unpaired) electrons. The van der Waals surface area contributed by atoms with E-state index in [-0.39, 0.29) is 17.0 Å². The van der Waals surface area contributed by atoms with Crippen molar-refractivity contribution in [3.8, 4) is 11.1 Å². The fraction of sp³-hybridized carbons (Fsp3) is 0.400. The van der Waals surface area contributed by atoms with Crippen molar-refractivity contribution >= 4 is 22.6 Å². The summed E-state index contributed by atoms with van der Waals surface area (Å²) in [5.74, 6) is -2.42. The smallest absolute Gasteiger partial charge is 0.206 e. The molecule has 2 aromatic rings. The Hall–Kier alpha value is -1.18. The molecule has 0 spiro atoms. The van der Waals surface area contributed by atoms with Crippen LogP contribution in [0.25, 0.3) is 11.1 Å². The SMILES string of the molecule is CC1CCC(c2ccc(-c3cc(F)c(C(F)(F)I)c(F)c3)c(F)c2)CC1. The first-order valence-corrected chi connectivity index (χ1v) is 9.60. The Bertz CT molecular complexity index is 781. The van der Waals surface area contributed by atoms with Gasteiger partial charge in [-0.1, -0.05) is 31.9 Å². The summed E-state index contributed by atoms with van der Waals surface area (Å²) in [6.07, 6.45) is 4.16. The van der Waals surface area contributed by atoms with Crippen LogP contribution >= 0.6 is 22.6 Å². The van der Waals surface area contributed by atoms with Gasteiger partial charge in [-0.15, -0.1) is 0 Å². The lowest BCUT2D eigenvalue weighted by Crippen LogP contribution is -2.11. The van der Waals surface area contributed by atoms with Crippen molar-refractivity contribution in [2.75, 3.05) is 0 Å². The van der Waals surface area contributed by atoms with Crippen LogP contribution < -0.4 is 0 Å². The highest BCUT2D eigenvalue weighted by Gasteiger charge is 2.35. The molecule has 0 N–H and O–H groups in total. The molecule has 3 rings (SSSR count). The molecule has 0 amide bonds. The van der Waals surface area contributed by atoms with Gasteiger partial charge in [-0.2, -0.15) is 8.78 Å². The van der Waals surface area contributed by atoms with E-state index in [1.165, 1.54) is 12.1 Å². The Morgan fingerprint density at radius 3 is 1.96 bits per heavy atom. The lowest BCUT2D eigenvalue weighted by Gasteiger charge is -2.26. The van der Waals surface area contributed by atoms with Crippen LogP contribution in [0.5, 0.6) is 0 Å². The van der Waals surface area contributed by atoms with Gasteiger partial charge in [-0.3, -0.25) is 0 Å². The highest BCUT2D eigenvalue weighted by molar-refractivity contribution is 14.1. The maximum absolute atomic E-state index is 14.6. The minimum absolute atomic E-state index is 0.000878. The van der Waals surface area contributed by atoms with Gasteiger partial charge in [0.1, 0.15) is 23.0 Å². The Labute approximate surface area is 162 Å². The van der Waals surface area contributed by atoms with Crippen LogP contribution in [0.1, 0.15) is 49.7 Å². The molecule has 0 nitrogen and oxygen atoms in total. The van der Waals surface area contributed by atoms with E-state index in [0.29, 0.717) is 28.5 Å². The fourth-order valence-corrected chi connectivity index (χ4v) is 4.13. The molecule has 0 atom stereocenters. The van der Waals surface area contributed by atoms with Gasteiger partial charge in [0, 0.05) is 28.2 Å². The molecule has 140 valence electrons. The maximum Gasteiger partial charge on any atom is 0.327 e. The fourth-order valence-electron chi connectivity index (χ4n) is 3.61. The summed E-state index contributed by atoms with van der Waals surface area (Å²) < 4.78 is 65.5. The predicted octanol–water partition coefficient (Wildman–Crippen LogP) is 7.55. The minimum atomic E-state index is -3.68. The van der Waals surface area contributed by atoms with E-state index in [1.54, 1.807) is 6.07 Å². The molecular weight excluding hydrogens is 462 g/mol. The first-order chi connectivity index (χ1) is 12.2. The van der Waals surface area contributed by atoms with Crippen LogP contribution in [-0.4, -0.2) is 0 Å². The number of alkyl halides is 3. The van der Waals surface area contributed by atoms with Gasteiger partial charge < -0.3 is 0 Å². The minimum Gasteiger partial charge on any atom is -0.206 e. The van der Waals surface area contributed by atoms with Gasteiger partial charge in [0.05, 0.1) is 0 Å². The number of hydrogen-bond donors (Lipinski definition) is 0. The summed E-state index contributed by atoms with van der Waals surface area (Å²) in [6, 6.07) is 6.14. The van der Waals surface area contributed by atoms with E-state index in [9.17, 15) is 22.0 Å². The average Bonchev–Trinajstić information content (AvgIpc) is 2.53. The average molecular weight is 480 g/mol. The summed E-state index contributed by atoms with van der Waals surface area (Å²) >= 11 is 0.670. The van der Waals surface area contributed by atoms with Crippen LogP contribution in [0, 0.1) is 23.4 Å². The third kappa shape index (κ3) is 4.05. The van der Waals surface area contributed by atoms with Gasteiger partial charge in [0.15, 0.2) is 0 Å². The molecule has 0 bridgehead atoms. The molecule has 0 heterocycles. The Balaban J connectivity index is 1.93. The molecule has 1 aliphatic carbocycles. The third-order valence-electron chi connectivity index (χ3n) is 5.12. The van der Waals surface area contributed by atoms with Crippen LogP contribution in [0.2, 0.25) is 0 Å². The van der Waals surface area contributed by atoms with Crippen molar-refractivity contribution < 1.29 is 22.0 Å². The molecule has 6 heteroatoms. The predicted molar refractivity (Wildman–Crippen MR) is 100 cm³/mol. The molecule has 0 unspecified atom stereocenters. The first kappa shape index (κ1) is 19.6. The zero-order chi connectivity index (χ0) is 19.1. The molecule has 1 saturated carbocycles. The van der Waals surface area contributed by atoms with Crippen LogP contribution in [0.4, 0.5) is 22.0 Å². The Morgan fingerprint density at radius 1 is 0.885 bits per heavy atom. The Morgan fingerprint density at radius 2 is 1.46 bits per heavy atom. The highest BCUT2D eigenvalue weighted by Crippen LogP contribution is 2.41. The number of rotatable bonds is 3. The largest absolute Gasteiger partial charge is 0.327 e. The van der Waals surface area contributed by atoms with Gasteiger partial charge in [0.2, 0.25) is 0 Å². The second-order valence-corrected chi connectivity index (χ2v) is 8.36. The highest BCUT2D eigenvalue weighted by atomic mass is 127. The summed E-state index contributed by atoms with van der Waals surface area (Å²) in [7, 11) is 0. The van der Waals surface area contributed by atoms with E-state index in [4.69, 9.17) is 0 Å². The monoisotopic (exact) mass is 480 g/mol. The van der Waals surface area contributed by atoms with Gasteiger partial charge in [-0.05, 0) is 54.0 Å². The number of hydrogen-bond acceptors (Lipinski definition) is 0. The van der Waals surface area contributed by atoms with Crippen LogP contribution in [0.15, 0.2) is 30.3 Å². The van der Waals surface area contributed by atoms with Crippen LogP contribution in [0.3, 0.4) is 0 Å². The zero-order valence-corrected chi connectivity index (χ0v) is 16.3. The summed E-state index contributed by atoms with van der Waals surface area (Å²) in [5, 5.41) is 0. The molecule has 1 aliphatic rings. The standard InChI is InChI=1S/C20H18F5I/c1-11-2-4-12(5-3-11)13-6-7-15(16(21)8-13)14-9-17(22)19(18(23)10-14)20(24,25)26/h6-12H,2-5H2,1H3. The molecule has 26 heavy (non-hydrogen) atoms. The van der Waals surface area contributed by atoms with Crippen molar-refractivity contribution in [3.05, 3.63) is 58.9 Å². The van der Waals surface area contributed by atoms with Crippen molar-refractivity contribution in [1.29, 1.82) is 0 Å². The zero-order valence-electron chi connectivity index (χ0n) is 14.1. The van der Waals surface area contributed by atoms with Gasteiger partial charge in [-0.25, -0.2) is 13.2 Å². The lowest BCUT2D eigenvalue weighted by atomic mass is 9.79. The Kier molecular flexibility index (Phi) is 5.61. The van der Waals surface area contributed by atoms with E-state index in [2.05, 4.69) is 6.92 Å². The number of benzene rings is 2. The molecule has 2 aromatic carbocycles. The van der Waals surface area contributed by atoms with Crippen molar-refractivity contribution in [1.82, 2.24) is 0 Å². The normalized spacial score (nSPS) is 21.0. The third-order valence-corrected chi connectivity index (χ3v) is 5.66. The second-order valence-electron chi connectivity index (χ2n) is 7.01. The first-order valence-electron chi connectivity index (χ1n) is 8.53. The molecule has 0 aromatic heterocycles. The van der Waals surface area contributed by atoms with Crippen molar-refractivity contribution in [3.63, 3.8) is 0 Å². The molecule has 0 aliphatic heterocycles. The van der Waals surface area contributed by atoms with E-state index in [0.717, 1.165) is 43.4 Å². The number of halogens is 6. The van der Waals surface area contributed by atoms with E-state index >= 15 is 0 Å². The quantitative estimate of drug-likeness (QED) is 0.242. The maximum atomic E-state index is 14.6. The molecule has 1 fully saturated rings. The van der Waals surface area contributed by atoms with Crippen LogP contribution in [-0.2, 0) is 3.93 Å². The van der Waals surface area contributed by atoms with E-state index in [1.807, 2.05) is 0 Å². The van der Waals surface area contributed by atoms with E-state index < -0.39 is 26.9 Å². The topological polar surface area (TPSA) is 0 Å². The van der Waals surface area contributed by atoms with Gasteiger partial charge >= 0.3 is 3.93 Å². The van der Waals surface area contributed by atoms with Crippen molar-refractivity contribution in [2.45, 2.75) is 42.5 Å². The second kappa shape index (κ2) is 7.44. The molecular formula is C20H18F5I. The summed E-state index contributed by atoms with van der Waals surface area (Å²) in [5.41, 5.74) is -0.533.